The Morgan fingerprint density at radius 1 is 1.14 bits per heavy atom. The number of ether oxygens (including phenoxy) is 1. The normalized spacial score (nSPS) is 14.6. The molecule has 0 aliphatic heterocycles. The smallest absolute Gasteiger partial charge is 0.416 e. The number of carbonyl (C=O) groups excluding carboxylic acids is 1. The van der Waals surface area contributed by atoms with Gasteiger partial charge in [-0.2, -0.15) is 13.2 Å². The Bertz CT molecular complexity index is 545. The van der Waals surface area contributed by atoms with Crippen LogP contribution >= 0.6 is 0 Å². The highest BCUT2D eigenvalue weighted by molar-refractivity contribution is 5.77. The van der Waals surface area contributed by atoms with E-state index in [9.17, 15) is 18.0 Å². The quantitative estimate of drug-likeness (QED) is 0.855. The Morgan fingerprint density at radius 3 is 2.14 bits per heavy atom. The molecule has 0 unspecified atom stereocenters. The first-order valence-electron chi connectivity index (χ1n) is 6.91. The highest BCUT2D eigenvalue weighted by atomic mass is 19.4. The molecule has 0 bridgehead atoms. The van der Waals surface area contributed by atoms with Gasteiger partial charge in [0.15, 0.2) is 0 Å². The van der Waals surface area contributed by atoms with Crippen molar-refractivity contribution in [3.63, 3.8) is 0 Å². The molecule has 2 N–H and O–H groups in total. The molecular formula is C16H22F3NO2. The number of hydrogen-bond donors (Lipinski definition) is 1. The van der Waals surface area contributed by atoms with Crippen molar-refractivity contribution in [1.82, 2.24) is 0 Å². The first-order chi connectivity index (χ1) is 9.75. The summed E-state index contributed by atoms with van der Waals surface area (Å²) in [6.45, 7) is 8.28. The molecule has 0 saturated carbocycles. The molecule has 6 heteroatoms. The molecule has 0 aliphatic rings. The lowest BCUT2D eigenvalue weighted by Crippen LogP contribution is -2.41. The molecule has 1 aromatic carbocycles. The van der Waals surface area contributed by atoms with Gasteiger partial charge >= 0.3 is 12.1 Å². The van der Waals surface area contributed by atoms with Gasteiger partial charge in [0, 0.05) is 6.04 Å². The Hall–Kier alpha value is -1.56. The van der Waals surface area contributed by atoms with E-state index in [1.54, 1.807) is 34.6 Å². The van der Waals surface area contributed by atoms with E-state index in [1.165, 1.54) is 12.1 Å². The zero-order valence-electron chi connectivity index (χ0n) is 13.4. The molecule has 0 spiro atoms. The van der Waals surface area contributed by atoms with Gasteiger partial charge in [0.05, 0.1) is 11.0 Å². The monoisotopic (exact) mass is 317 g/mol. The van der Waals surface area contributed by atoms with E-state index in [-0.39, 0.29) is 5.56 Å². The maximum atomic E-state index is 12.8. The summed E-state index contributed by atoms with van der Waals surface area (Å²) in [6, 6.07) is 3.78. The molecule has 0 aromatic heterocycles. The van der Waals surface area contributed by atoms with Crippen molar-refractivity contribution in [3.05, 3.63) is 35.4 Å². The molecule has 0 radical (unpaired) electrons. The van der Waals surface area contributed by atoms with E-state index in [2.05, 4.69) is 0 Å². The van der Waals surface area contributed by atoms with E-state index in [1.807, 2.05) is 0 Å². The number of nitrogens with two attached hydrogens (primary N) is 1. The second-order valence-corrected chi connectivity index (χ2v) is 6.82. The number of esters is 1. The van der Waals surface area contributed by atoms with Gasteiger partial charge in [-0.3, -0.25) is 4.79 Å². The van der Waals surface area contributed by atoms with Gasteiger partial charge in [-0.15, -0.1) is 0 Å². The summed E-state index contributed by atoms with van der Waals surface area (Å²) in [5, 5.41) is 0. The average molecular weight is 317 g/mol. The van der Waals surface area contributed by atoms with Gasteiger partial charge in [-0.05, 0) is 52.3 Å². The van der Waals surface area contributed by atoms with Crippen molar-refractivity contribution in [2.75, 3.05) is 0 Å². The molecule has 0 aliphatic carbocycles. The fourth-order valence-corrected chi connectivity index (χ4v) is 1.86. The molecule has 0 heterocycles. The minimum absolute atomic E-state index is 0.241. The zero-order chi connectivity index (χ0) is 17.3. The average Bonchev–Trinajstić information content (AvgIpc) is 2.35. The highest BCUT2D eigenvalue weighted by Crippen LogP contribution is 2.36. The summed E-state index contributed by atoms with van der Waals surface area (Å²) in [4.78, 5) is 12.3. The van der Waals surface area contributed by atoms with Crippen LogP contribution in [0, 0.1) is 5.41 Å². The van der Waals surface area contributed by atoms with Crippen molar-refractivity contribution < 1.29 is 22.7 Å². The lowest BCUT2D eigenvalue weighted by atomic mass is 9.80. The summed E-state index contributed by atoms with van der Waals surface area (Å²) >= 11 is 0. The van der Waals surface area contributed by atoms with Crippen LogP contribution in [0.25, 0.3) is 0 Å². The van der Waals surface area contributed by atoms with Crippen molar-refractivity contribution >= 4 is 5.97 Å². The second kappa shape index (κ2) is 5.91. The van der Waals surface area contributed by atoms with Crippen molar-refractivity contribution in [3.8, 4) is 0 Å². The summed E-state index contributed by atoms with van der Waals surface area (Å²) in [5.41, 5.74) is 3.64. The SMILES string of the molecule is CC(C)(C)OC(=O)C(C)(C)[C@H](N)c1cccc(C(F)(F)F)c1. The Kier molecular flexibility index (Phi) is 4.97. The van der Waals surface area contributed by atoms with Crippen LogP contribution in [0.4, 0.5) is 13.2 Å². The van der Waals surface area contributed by atoms with Crippen LogP contribution < -0.4 is 5.73 Å². The van der Waals surface area contributed by atoms with Crippen LogP contribution in [0.15, 0.2) is 24.3 Å². The molecule has 1 rings (SSSR count). The number of hydrogen-bond acceptors (Lipinski definition) is 3. The van der Waals surface area contributed by atoms with E-state index in [0.717, 1.165) is 12.1 Å². The Labute approximate surface area is 128 Å². The lowest BCUT2D eigenvalue weighted by molar-refractivity contribution is -0.167. The predicted octanol–water partition coefficient (Wildman–Crippen LogP) is 4.07. The fourth-order valence-electron chi connectivity index (χ4n) is 1.86. The molecule has 0 amide bonds. The van der Waals surface area contributed by atoms with Gasteiger partial charge in [-0.25, -0.2) is 0 Å². The van der Waals surface area contributed by atoms with Gasteiger partial charge in [0.1, 0.15) is 5.60 Å². The van der Waals surface area contributed by atoms with Crippen LogP contribution in [0.1, 0.15) is 51.8 Å². The maximum Gasteiger partial charge on any atom is 0.416 e. The molecule has 1 atom stereocenters. The van der Waals surface area contributed by atoms with Gasteiger partial charge in [0.25, 0.3) is 0 Å². The highest BCUT2D eigenvalue weighted by Gasteiger charge is 2.40. The summed E-state index contributed by atoms with van der Waals surface area (Å²) < 4.78 is 43.6. The summed E-state index contributed by atoms with van der Waals surface area (Å²) in [6.07, 6.45) is -4.45. The Balaban J connectivity index is 3.09. The van der Waals surface area contributed by atoms with Crippen LogP contribution in [-0.4, -0.2) is 11.6 Å². The van der Waals surface area contributed by atoms with Gasteiger partial charge in [0.2, 0.25) is 0 Å². The molecule has 22 heavy (non-hydrogen) atoms. The van der Waals surface area contributed by atoms with Crippen LogP contribution in [0.5, 0.6) is 0 Å². The van der Waals surface area contributed by atoms with E-state index in [4.69, 9.17) is 10.5 Å². The fraction of sp³-hybridized carbons (Fsp3) is 0.562. The second-order valence-electron chi connectivity index (χ2n) is 6.82. The zero-order valence-corrected chi connectivity index (χ0v) is 13.4. The molecule has 0 fully saturated rings. The third-order valence-electron chi connectivity index (χ3n) is 3.28. The first kappa shape index (κ1) is 18.5. The third-order valence-corrected chi connectivity index (χ3v) is 3.28. The van der Waals surface area contributed by atoms with Crippen molar-refractivity contribution in [2.45, 2.75) is 52.4 Å². The van der Waals surface area contributed by atoms with Crippen LogP contribution in [-0.2, 0) is 15.7 Å². The van der Waals surface area contributed by atoms with E-state index in [0.29, 0.717) is 0 Å². The minimum atomic E-state index is -4.45. The van der Waals surface area contributed by atoms with Crippen LogP contribution in [0.3, 0.4) is 0 Å². The van der Waals surface area contributed by atoms with Crippen molar-refractivity contribution in [1.29, 1.82) is 0 Å². The minimum Gasteiger partial charge on any atom is -0.460 e. The molecule has 0 saturated heterocycles. The molecular weight excluding hydrogens is 295 g/mol. The number of alkyl halides is 3. The predicted molar refractivity (Wildman–Crippen MR) is 78.0 cm³/mol. The standard InChI is InChI=1S/C16H22F3NO2/c1-14(2,3)22-13(21)15(4,5)12(20)10-7-6-8-11(9-10)16(17,18)19/h6-9,12H,20H2,1-5H3/t12-/m1/s1. The number of halogens is 3. The van der Waals surface area contributed by atoms with E-state index >= 15 is 0 Å². The number of carbonyl (C=O) groups is 1. The largest absolute Gasteiger partial charge is 0.460 e. The topological polar surface area (TPSA) is 52.3 Å². The third kappa shape index (κ3) is 4.47. The summed E-state index contributed by atoms with van der Waals surface area (Å²) in [5.74, 6) is -0.551. The van der Waals surface area contributed by atoms with Gasteiger partial charge in [-0.1, -0.05) is 12.1 Å². The van der Waals surface area contributed by atoms with Gasteiger partial charge < -0.3 is 10.5 Å². The lowest BCUT2D eigenvalue weighted by Gasteiger charge is -2.33. The Morgan fingerprint density at radius 2 is 1.68 bits per heavy atom. The molecule has 1 aromatic rings. The first-order valence-corrected chi connectivity index (χ1v) is 6.91. The number of rotatable bonds is 3. The molecule has 124 valence electrons. The van der Waals surface area contributed by atoms with Crippen LogP contribution in [0.2, 0.25) is 0 Å². The maximum absolute atomic E-state index is 12.8. The van der Waals surface area contributed by atoms with E-state index < -0.39 is 34.8 Å². The number of benzene rings is 1. The van der Waals surface area contributed by atoms with Crippen molar-refractivity contribution in [2.24, 2.45) is 11.1 Å². The summed E-state index contributed by atoms with van der Waals surface area (Å²) in [7, 11) is 0. The molecule has 3 nitrogen and oxygen atoms in total.